The molecule has 18 heavy (non-hydrogen) atoms. The zero-order chi connectivity index (χ0) is 14.6. The number of halogens is 3. The van der Waals surface area contributed by atoms with Crippen molar-refractivity contribution in [3.8, 4) is 0 Å². The van der Waals surface area contributed by atoms with Crippen LogP contribution in [0.1, 0.15) is 40.5 Å². The van der Waals surface area contributed by atoms with Crippen molar-refractivity contribution in [1.82, 2.24) is 4.90 Å². The van der Waals surface area contributed by atoms with E-state index in [1.165, 1.54) is 4.90 Å². The lowest BCUT2D eigenvalue weighted by Gasteiger charge is -2.34. The molecule has 0 aromatic rings. The van der Waals surface area contributed by atoms with E-state index in [0.29, 0.717) is 6.54 Å². The van der Waals surface area contributed by atoms with Crippen LogP contribution in [0.25, 0.3) is 0 Å². The quantitative estimate of drug-likeness (QED) is 0.804. The summed E-state index contributed by atoms with van der Waals surface area (Å²) in [6, 6.07) is 0. The molecule has 2 N–H and O–H groups in total. The van der Waals surface area contributed by atoms with Crippen LogP contribution in [0.5, 0.6) is 0 Å². The molecule has 0 aliphatic heterocycles. The zero-order valence-corrected chi connectivity index (χ0v) is 11.5. The van der Waals surface area contributed by atoms with Gasteiger partial charge in [-0.25, -0.2) is 0 Å². The first kappa shape index (κ1) is 17.2. The number of carbonyl (C=O) groups is 1. The van der Waals surface area contributed by atoms with Gasteiger partial charge in [0.25, 0.3) is 5.91 Å². The molecular weight excluding hydrogens is 245 g/mol. The minimum Gasteiger partial charge on any atom is -0.341 e. The predicted molar refractivity (Wildman–Crippen MR) is 65.0 cm³/mol. The van der Waals surface area contributed by atoms with Crippen LogP contribution in [0.3, 0.4) is 0 Å². The SMILES string of the molecule is CCC(CC)CN(CC)C(=O)C(C)(N)C(F)(F)F. The molecule has 0 heterocycles. The molecule has 0 fully saturated rings. The first-order valence-corrected chi connectivity index (χ1v) is 6.26. The monoisotopic (exact) mass is 268 g/mol. The van der Waals surface area contributed by atoms with E-state index >= 15 is 0 Å². The topological polar surface area (TPSA) is 46.3 Å². The summed E-state index contributed by atoms with van der Waals surface area (Å²) in [5, 5.41) is 0. The number of hydrogen-bond acceptors (Lipinski definition) is 2. The summed E-state index contributed by atoms with van der Waals surface area (Å²) in [6.07, 6.45) is -3.08. The molecule has 0 saturated heterocycles. The fraction of sp³-hybridized carbons (Fsp3) is 0.917. The van der Waals surface area contributed by atoms with Gasteiger partial charge in [-0.15, -0.1) is 0 Å². The Morgan fingerprint density at radius 2 is 1.67 bits per heavy atom. The van der Waals surface area contributed by atoms with Gasteiger partial charge in [0.1, 0.15) is 0 Å². The highest BCUT2D eigenvalue weighted by Gasteiger charge is 2.55. The van der Waals surface area contributed by atoms with Crippen LogP contribution in [0.4, 0.5) is 13.2 Å². The van der Waals surface area contributed by atoms with E-state index in [9.17, 15) is 18.0 Å². The Kier molecular flexibility index (Phi) is 6.13. The van der Waals surface area contributed by atoms with E-state index < -0.39 is 17.6 Å². The van der Waals surface area contributed by atoms with E-state index in [2.05, 4.69) is 0 Å². The number of hydrogen-bond donors (Lipinski definition) is 1. The van der Waals surface area contributed by atoms with Gasteiger partial charge in [-0.3, -0.25) is 4.79 Å². The summed E-state index contributed by atoms with van der Waals surface area (Å²) in [4.78, 5) is 13.1. The maximum atomic E-state index is 12.7. The molecule has 0 saturated carbocycles. The highest BCUT2D eigenvalue weighted by molar-refractivity contribution is 5.86. The van der Waals surface area contributed by atoms with Crippen LogP contribution >= 0.6 is 0 Å². The molecule has 0 bridgehead atoms. The van der Waals surface area contributed by atoms with Gasteiger partial charge in [0.05, 0.1) is 0 Å². The van der Waals surface area contributed by atoms with E-state index in [1.54, 1.807) is 6.92 Å². The van der Waals surface area contributed by atoms with E-state index in [4.69, 9.17) is 5.73 Å². The minimum atomic E-state index is -4.73. The molecule has 0 aliphatic rings. The summed E-state index contributed by atoms with van der Waals surface area (Å²) in [7, 11) is 0. The summed E-state index contributed by atoms with van der Waals surface area (Å²) in [5.41, 5.74) is 2.35. The van der Waals surface area contributed by atoms with Crippen LogP contribution in [0.15, 0.2) is 0 Å². The molecule has 0 aromatic carbocycles. The van der Waals surface area contributed by atoms with Crippen molar-refractivity contribution in [2.75, 3.05) is 13.1 Å². The molecule has 108 valence electrons. The second-order valence-corrected chi connectivity index (χ2v) is 4.73. The van der Waals surface area contributed by atoms with Gasteiger partial charge in [0, 0.05) is 13.1 Å². The Balaban J connectivity index is 4.92. The Morgan fingerprint density at radius 3 is 1.94 bits per heavy atom. The smallest absolute Gasteiger partial charge is 0.341 e. The third-order valence-electron chi connectivity index (χ3n) is 3.34. The molecule has 0 aromatic heterocycles. The number of nitrogens with two attached hydrogens (primary N) is 1. The highest BCUT2D eigenvalue weighted by atomic mass is 19.4. The molecule has 1 amide bonds. The molecule has 0 rings (SSSR count). The van der Waals surface area contributed by atoms with Crippen LogP contribution in [0.2, 0.25) is 0 Å². The Bertz CT molecular complexity index is 273. The Labute approximate surface area is 107 Å². The first-order chi connectivity index (χ1) is 8.11. The lowest BCUT2D eigenvalue weighted by Crippen LogP contribution is -2.62. The average Bonchev–Trinajstić information content (AvgIpc) is 2.28. The number of alkyl halides is 3. The number of nitrogens with zero attached hydrogens (tertiary/aromatic N) is 1. The maximum absolute atomic E-state index is 12.7. The molecule has 0 radical (unpaired) electrons. The van der Waals surface area contributed by atoms with Crippen LogP contribution < -0.4 is 5.73 Å². The fourth-order valence-electron chi connectivity index (χ4n) is 1.66. The van der Waals surface area contributed by atoms with Gasteiger partial charge in [-0.05, 0) is 19.8 Å². The molecule has 3 nitrogen and oxygen atoms in total. The largest absolute Gasteiger partial charge is 0.415 e. The highest BCUT2D eigenvalue weighted by Crippen LogP contribution is 2.30. The molecule has 1 unspecified atom stereocenters. The van der Waals surface area contributed by atoms with Gasteiger partial charge in [-0.1, -0.05) is 26.7 Å². The number of rotatable bonds is 6. The van der Waals surface area contributed by atoms with Crippen molar-refractivity contribution in [3.63, 3.8) is 0 Å². The molecule has 1 atom stereocenters. The molecule has 6 heteroatoms. The normalized spacial score (nSPS) is 15.6. The van der Waals surface area contributed by atoms with E-state index in [1.807, 2.05) is 13.8 Å². The van der Waals surface area contributed by atoms with Gasteiger partial charge in [-0.2, -0.15) is 13.2 Å². The second kappa shape index (κ2) is 6.41. The zero-order valence-electron chi connectivity index (χ0n) is 11.5. The summed E-state index contributed by atoms with van der Waals surface area (Å²) < 4.78 is 38.1. The molecular formula is C12H23F3N2O. The third-order valence-corrected chi connectivity index (χ3v) is 3.34. The second-order valence-electron chi connectivity index (χ2n) is 4.73. The number of likely N-dealkylation sites (N-methyl/N-ethyl adjacent to an activating group) is 1. The van der Waals surface area contributed by atoms with Gasteiger partial charge < -0.3 is 10.6 Å². The van der Waals surface area contributed by atoms with Gasteiger partial charge >= 0.3 is 6.18 Å². The van der Waals surface area contributed by atoms with Crippen molar-refractivity contribution in [1.29, 1.82) is 0 Å². The summed E-state index contributed by atoms with van der Waals surface area (Å²) in [5.74, 6) is -0.845. The fourth-order valence-corrected chi connectivity index (χ4v) is 1.66. The van der Waals surface area contributed by atoms with Crippen LogP contribution in [0, 0.1) is 5.92 Å². The van der Waals surface area contributed by atoms with Crippen molar-refractivity contribution >= 4 is 5.91 Å². The van der Waals surface area contributed by atoms with E-state index in [-0.39, 0.29) is 12.5 Å². The van der Waals surface area contributed by atoms with Gasteiger partial charge in [0.2, 0.25) is 0 Å². The predicted octanol–water partition coefficient (Wildman–Crippen LogP) is 2.55. The average molecular weight is 268 g/mol. The standard InChI is InChI=1S/C12H23F3N2O/c1-5-9(6-2)8-17(7-3)10(18)11(4,16)12(13,14)15/h9H,5-8,16H2,1-4H3. The molecule has 0 spiro atoms. The Hall–Kier alpha value is -0.780. The summed E-state index contributed by atoms with van der Waals surface area (Å²) >= 11 is 0. The maximum Gasteiger partial charge on any atom is 0.415 e. The third kappa shape index (κ3) is 3.86. The minimum absolute atomic E-state index is 0.206. The van der Waals surface area contributed by atoms with Gasteiger partial charge in [0.15, 0.2) is 5.54 Å². The lowest BCUT2D eigenvalue weighted by atomic mass is 9.98. The summed E-state index contributed by atoms with van der Waals surface area (Å²) in [6.45, 7) is 6.86. The molecule has 0 aliphatic carbocycles. The van der Waals surface area contributed by atoms with E-state index in [0.717, 1.165) is 19.8 Å². The lowest BCUT2D eigenvalue weighted by molar-refractivity contribution is -0.193. The number of amides is 1. The van der Waals surface area contributed by atoms with Crippen molar-refractivity contribution in [3.05, 3.63) is 0 Å². The van der Waals surface area contributed by atoms with Crippen LogP contribution in [-0.4, -0.2) is 35.6 Å². The first-order valence-electron chi connectivity index (χ1n) is 6.26. The number of carbonyl (C=O) groups excluding carboxylic acids is 1. The van der Waals surface area contributed by atoms with Crippen molar-refractivity contribution in [2.24, 2.45) is 11.7 Å². The van der Waals surface area contributed by atoms with Crippen molar-refractivity contribution < 1.29 is 18.0 Å². The van der Waals surface area contributed by atoms with Crippen molar-refractivity contribution in [2.45, 2.75) is 52.3 Å². The van der Waals surface area contributed by atoms with Crippen LogP contribution in [-0.2, 0) is 4.79 Å². The Morgan fingerprint density at radius 1 is 1.22 bits per heavy atom.